The molecule has 1 atom stereocenters. The van der Waals surface area contributed by atoms with E-state index in [1.165, 1.54) is 13.0 Å². The molecular weight excluding hydrogens is 184 g/mol. The smallest absolute Gasteiger partial charge is 0.129 e. The van der Waals surface area contributed by atoms with Crippen LogP contribution in [0.3, 0.4) is 0 Å². The Morgan fingerprint density at radius 2 is 1.93 bits per heavy atom. The quantitative estimate of drug-likeness (QED) is 0.725. The number of nitrogens with two attached hydrogens (primary N) is 1. The van der Waals surface area contributed by atoms with Gasteiger partial charge in [-0.2, -0.15) is 0 Å². The van der Waals surface area contributed by atoms with Crippen LogP contribution in [0.15, 0.2) is 24.8 Å². The second-order valence-corrected chi connectivity index (χ2v) is 3.57. The molecule has 0 saturated carbocycles. The minimum atomic E-state index is -1.04. The highest BCUT2D eigenvalue weighted by molar-refractivity contribution is 5.33. The Morgan fingerprint density at radius 1 is 1.36 bits per heavy atom. The number of hydrogen-bond donors (Lipinski definition) is 1. The first kappa shape index (κ1) is 10.9. The van der Waals surface area contributed by atoms with Gasteiger partial charge in [0, 0.05) is 5.56 Å². The fraction of sp³-hybridized carbons (Fsp3) is 0.273. The lowest BCUT2D eigenvalue weighted by molar-refractivity contribution is 0.527. The summed E-state index contributed by atoms with van der Waals surface area (Å²) in [4.78, 5) is 0. The van der Waals surface area contributed by atoms with E-state index in [4.69, 9.17) is 5.73 Å². The zero-order valence-corrected chi connectivity index (χ0v) is 8.27. The summed E-state index contributed by atoms with van der Waals surface area (Å²) < 4.78 is 26.6. The monoisotopic (exact) mass is 197 g/mol. The van der Waals surface area contributed by atoms with E-state index >= 15 is 0 Å². The predicted octanol–water partition coefficient (Wildman–Crippen LogP) is 2.63. The standard InChI is InChI=1S/C11H13F2N/c1-4-11(3,14)8-6-9(12)7(2)5-10(8)13/h4-6H,1,14H2,2-3H3/t11-/m0/s1. The van der Waals surface area contributed by atoms with Crippen molar-refractivity contribution in [3.8, 4) is 0 Å². The molecule has 0 bridgehead atoms. The van der Waals surface area contributed by atoms with Gasteiger partial charge in [0.1, 0.15) is 11.6 Å². The second kappa shape index (κ2) is 3.50. The predicted molar refractivity (Wildman–Crippen MR) is 52.8 cm³/mol. The molecule has 76 valence electrons. The zero-order chi connectivity index (χ0) is 10.9. The van der Waals surface area contributed by atoms with Crippen molar-refractivity contribution >= 4 is 0 Å². The van der Waals surface area contributed by atoms with E-state index in [9.17, 15) is 8.78 Å². The van der Waals surface area contributed by atoms with Crippen LogP contribution in [-0.2, 0) is 5.54 Å². The van der Waals surface area contributed by atoms with Gasteiger partial charge >= 0.3 is 0 Å². The normalized spacial score (nSPS) is 14.9. The van der Waals surface area contributed by atoms with Gasteiger partial charge in [-0.1, -0.05) is 6.08 Å². The summed E-state index contributed by atoms with van der Waals surface area (Å²) >= 11 is 0. The van der Waals surface area contributed by atoms with E-state index in [0.29, 0.717) is 0 Å². The highest BCUT2D eigenvalue weighted by Crippen LogP contribution is 2.24. The van der Waals surface area contributed by atoms with Crippen LogP contribution in [-0.4, -0.2) is 0 Å². The Bertz CT molecular complexity index is 370. The molecule has 14 heavy (non-hydrogen) atoms. The van der Waals surface area contributed by atoms with Gasteiger partial charge in [0.15, 0.2) is 0 Å². The van der Waals surface area contributed by atoms with Gasteiger partial charge in [0.25, 0.3) is 0 Å². The summed E-state index contributed by atoms with van der Waals surface area (Å²) in [6.07, 6.45) is 1.39. The molecule has 0 amide bonds. The van der Waals surface area contributed by atoms with Gasteiger partial charge in [0.05, 0.1) is 5.54 Å². The van der Waals surface area contributed by atoms with Crippen LogP contribution >= 0.6 is 0 Å². The van der Waals surface area contributed by atoms with Crippen molar-refractivity contribution in [2.45, 2.75) is 19.4 Å². The molecular formula is C11H13F2N. The maximum absolute atomic E-state index is 13.4. The molecule has 0 aliphatic heterocycles. The first-order valence-corrected chi connectivity index (χ1v) is 4.27. The lowest BCUT2D eigenvalue weighted by Gasteiger charge is -2.21. The summed E-state index contributed by atoms with van der Waals surface area (Å²) in [7, 11) is 0. The third-order valence-corrected chi connectivity index (χ3v) is 2.25. The highest BCUT2D eigenvalue weighted by atomic mass is 19.1. The minimum Gasteiger partial charge on any atom is -0.318 e. The molecule has 0 aliphatic carbocycles. The molecule has 1 aromatic rings. The zero-order valence-electron chi connectivity index (χ0n) is 8.27. The largest absolute Gasteiger partial charge is 0.318 e. The molecule has 1 rings (SSSR count). The molecule has 1 aromatic carbocycles. The molecule has 1 nitrogen and oxygen atoms in total. The summed E-state index contributed by atoms with van der Waals surface area (Å²) in [6.45, 7) is 6.57. The van der Waals surface area contributed by atoms with Gasteiger partial charge in [0.2, 0.25) is 0 Å². The van der Waals surface area contributed by atoms with E-state index in [1.54, 1.807) is 6.92 Å². The molecule has 0 aromatic heterocycles. The Balaban J connectivity index is 3.36. The molecule has 0 spiro atoms. The van der Waals surface area contributed by atoms with Crippen LogP contribution in [0.5, 0.6) is 0 Å². The summed E-state index contributed by atoms with van der Waals surface area (Å²) in [5.74, 6) is -0.964. The first-order chi connectivity index (χ1) is 6.38. The molecule has 0 heterocycles. The molecule has 0 radical (unpaired) electrons. The van der Waals surface area contributed by atoms with E-state index in [1.807, 2.05) is 0 Å². The van der Waals surface area contributed by atoms with Gasteiger partial charge in [-0.3, -0.25) is 0 Å². The second-order valence-electron chi connectivity index (χ2n) is 3.57. The van der Waals surface area contributed by atoms with Gasteiger partial charge in [-0.15, -0.1) is 6.58 Å². The minimum absolute atomic E-state index is 0.121. The van der Waals surface area contributed by atoms with Crippen LogP contribution in [0, 0.1) is 18.6 Å². The van der Waals surface area contributed by atoms with E-state index in [-0.39, 0.29) is 11.1 Å². The maximum atomic E-state index is 13.4. The Morgan fingerprint density at radius 3 is 2.43 bits per heavy atom. The number of halogens is 2. The van der Waals surface area contributed by atoms with Crippen molar-refractivity contribution < 1.29 is 8.78 Å². The number of rotatable bonds is 2. The molecule has 3 heteroatoms. The van der Waals surface area contributed by atoms with Crippen molar-refractivity contribution in [1.29, 1.82) is 0 Å². The van der Waals surface area contributed by atoms with Crippen molar-refractivity contribution in [1.82, 2.24) is 0 Å². The highest BCUT2D eigenvalue weighted by Gasteiger charge is 2.22. The lowest BCUT2D eigenvalue weighted by Crippen LogP contribution is -2.31. The fourth-order valence-electron chi connectivity index (χ4n) is 1.17. The first-order valence-electron chi connectivity index (χ1n) is 4.27. The van der Waals surface area contributed by atoms with E-state index in [0.717, 1.165) is 12.1 Å². The van der Waals surface area contributed by atoms with Crippen LogP contribution in [0.4, 0.5) is 8.78 Å². The fourth-order valence-corrected chi connectivity index (χ4v) is 1.17. The number of aryl methyl sites for hydroxylation is 1. The third-order valence-electron chi connectivity index (χ3n) is 2.25. The SMILES string of the molecule is C=C[C@](C)(N)c1cc(F)c(C)cc1F. The average molecular weight is 197 g/mol. The molecule has 0 fully saturated rings. The van der Waals surface area contributed by atoms with Crippen LogP contribution < -0.4 is 5.73 Å². The summed E-state index contributed by atoms with van der Waals surface area (Å²) in [5, 5.41) is 0. The maximum Gasteiger partial charge on any atom is 0.129 e. The Kier molecular flexibility index (Phi) is 2.71. The van der Waals surface area contributed by atoms with Crippen molar-refractivity contribution in [3.05, 3.63) is 47.5 Å². The Labute approximate surface area is 82.2 Å². The summed E-state index contributed by atoms with van der Waals surface area (Å²) in [5.41, 5.74) is 5.08. The lowest BCUT2D eigenvalue weighted by atomic mass is 9.92. The van der Waals surface area contributed by atoms with Crippen LogP contribution in [0.25, 0.3) is 0 Å². The van der Waals surface area contributed by atoms with Gasteiger partial charge in [-0.25, -0.2) is 8.78 Å². The number of benzene rings is 1. The van der Waals surface area contributed by atoms with Gasteiger partial charge < -0.3 is 5.73 Å². The van der Waals surface area contributed by atoms with Crippen molar-refractivity contribution in [3.63, 3.8) is 0 Å². The Hall–Kier alpha value is -1.22. The summed E-state index contributed by atoms with van der Waals surface area (Å²) in [6, 6.07) is 2.26. The number of hydrogen-bond acceptors (Lipinski definition) is 1. The van der Waals surface area contributed by atoms with E-state index < -0.39 is 17.2 Å². The molecule has 0 unspecified atom stereocenters. The van der Waals surface area contributed by atoms with Crippen LogP contribution in [0.1, 0.15) is 18.1 Å². The third kappa shape index (κ3) is 1.82. The molecule has 0 aliphatic rings. The van der Waals surface area contributed by atoms with Crippen molar-refractivity contribution in [2.75, 3.05) is 0 Å². The van der Waals surface area contributed by atoms with Gasteiger partial charge in [-0.05, 0) is 31.5 Å². The molecule has 0 saturated heterocycles. The van der Waals surface area contributed by atoms with E-state index in [2.05, 4.69) is 6.58 Å². The van der Waals surface area contributed by atoms with Crippen molar-refractivity contribution in [2.24, 2.45) is 5.73 Å². The topological polar surface area (TPSA) is 26.0 Å². The average Bonchev–Trinajstić information content (AvgIpc) is 2.11. The molecule has 2 N–H and O–H groups in total. The van der Waals surface area contributed by atoms with Crippen LogP contribution in [0.2, 0.25) is 0 Å².